The van der Waals surface area contributed by atoms with Crippen LogP contribution in [0.2, 0.25) is 0 Å². The van der Waals surface area contributed by atoms with Crippen molar-refractivity contribution < 1.29 is 4.79 Å². The van der Waals surface area contributed by atoms with E-state index in [1.807, 2.05) is 23.9 Å². The number of piperidine rings is 1. The van der Waals surface area contributed by atoms with E-state index >= 15 is 0 Å². The fraction of sp³-hybridized carbons (Fsp3) is 0.562. The number of benzene rings is 1. The second kappa shape index (κ2) is 9.34. The van der Waals surface area contributed by atoms with Crippen molar-refractivity contribution in [1.29, 1.82) is 0 Å². The standard InChI is InChI=1S/C16H24N2OS.ClH/c1-12-11-14(7-9-17-12)16(19)18-15-5-3-13(4-6-15)8-10-20-2;/h3-6,12,14,17H,7-11H2,1-2H3,(H,18,19);1H/t12-,14-;/m0./s1. The molecule has 1 saturated heterocycles. The first-order valence-corrected chi connectivity index (χ1v) is 8.70. The van der Waals surface area contributed by atoms with Crippen LogP contribution in [-0.4, -0.2) is 30.5 Å². The van der Waals surface area contributed by atoms with Gasteiger partial charge in [-0.15, -0.1) is 12.4 Å². The molecule has 1 aromatic rings. The summed E-state index contributed by atoms with van der Waals surface area (Å²) in [5.41, 5.74) is 2.24. The highest BCUT2D eigenvalue weighted by Crippen LogP contribution is 2.19. The molecular formula is C16H25ClN2OS. The monoisotopic (exact) mass is 328 g/mol. The quantitative estimate of drug-likeness (QED) is 0.871. The minimum Gasteiger partial charge on any atom is -0.326 e. The average molecular weight is 329 g/mol. The van der Waals surface area contributed by atoms with E-state index in [-0.39, 0.29) is 24.2 Å². The Hall–Kier alpha value is -0.710. The van der Waals surface area contributed by atoms with Gasteiger partial charge >= 0.3 is 0 Å². The summed E-state index contributed by atoms with van der Waals surface area (Å²) in [5.74, 6) is 1.44. The first-order chi connectivity index (χ1) is 9.69. The van der Waals surface area contributed by atoms with Crippen molar-refractivity contribution in [1.82, 2.24) is 5.32 Å². The molecule has 1 aliphatic rings. The highest BCUT2D eigenvalue weighted by molar-refractivity contribution is 7.98. The minimum atomic E-state index is 0. The Balaban J connectivity index is 0.00000220. The van der Waals surface area contributed by atoms with E-state index in [1.165, 1.54) is 5.56 Å². The predicted molar refractivity (Wildman–Crippen MR) is 94.6 cm³/mol. The number of hydrogen-bond donors (Lipinski definition) is 2. The van der Waals surface area contributed by atoms with Gasteiger partial charge in [0, 0.05) is 17.6 Å². The summed E-state index contributed by atoms with van der Waals surface area (Å²) in [4.78, 5) is 12.2. The van der Waals surface area contributed by atoms with Crippen LogP contribution in [0, 0.1) is 5.92 Å². The van der Waals surface area contributed by atoms with Gasteiger partial charge in [0.05, 0.1) is 0 Å². The SMILES string of the molecule is CSCCc1ccc(NC(=O)[C@H]2CCN[C@@H](C)C2)cc1.Cl. The third-order valence-electron chi connectivity index (χ3n) is 3.81. The van der Waals surface area contributed by atoms with E-state index in [2.05, 4.69) is 35.9 Å². The van der Waals surface area contributed by atoms with Crippen molar-refractivity contribution in [3.05, 3.63) is 29.8 Å². The Morgan fingerprint density at radius 1 is 1.38 bits per heavy atom. The lowest BCUT2D eigenvalue weighted by molar-refractivity contribution is -0.120. The van der Waals surface area contributed by atoms with Crippen LogP contribution in [0.15, 0.2) is 24.3 Å². The van der Waals surface area contributed by atoms with E-state index in [0.717, 1.165) is 37.2 Å². The highest BCUT2D eigenvalue weighted by atomic mass is 35.5. The molecule has 5 heteroatoms. The smallest absolute Gasteiger partial charge is 0.227 e. The van der Waals surface area contributed by atoms with Gasteiger partial charge in [-0.3, -0.25) is 4.79 Å². The zero-order valence-corrected chi connectivity index (χ0v) is 14.4. The molecule has 3 nitrogen and oxygen atoms in total. The van der Waals surface area contributed by atoms with Crippen molar-refractivity contribution in [2.45, 2.75) is 32.2 Å². The van der Waals surface area contributed by atoms with Crippen LogP contribution in [-0.2, 0) is 11.2 Å². The molecular weight excluding hydrogens is 304 g/mol. The normalized spacial score (nSPS) is 21.4. The number of rotatable bonds is 5. The number of nitrogens with one attached hydrogen (secondary N) is 2. The molecule has 0 spiro atoms. The molecule has 0 saturated carbocycles. The summed E-state index contributed by atoms with van der Waals surface area (Å²) in [5, 5.41) is 6.42. The fourth-order valence-electron chi connectivity index (χ4n) is 2.59. The summed E-state index contributed by atoms with van der Waals surface area (Å²) in [7, 11) is 0. The topological polar surface area (TPSA) is 41.1 Å². The number of hydrogen-bond acceptors (Lipinski definition) is 3. The molecule has 1 amide bonds. The molecule has 0 aromatic heterocycles. The Morgan fingerprint density at radius 2 is 2.10 bits per heavy atom. The molecule has 2 atom stereocenters. The fourth-order valence-corrected chi connectivity index (χ4v) is 3.03. The molecule has 1 fully saturated rings. The van der Waals surface area contributed by atoms with Crippen LogP contribution in [0.4, 0.5) is 5.69 Å². The molecule has 0 radical (unpaired) electrons. The van der Waals surface area contributed by atoms with Gasteiger partial charge < -0.3 is 10.6 Å². The Morgan fingerprint density at radius 3 is 2.71 bits per heavy atom. The van der Waals surface area contributed by atoms with E-state index in [1.54, 1.807) is 0 Å². The highest BCUT2D eigenvalue weighted by Gasteiger charge is 2.24. The third kappa shape index (κ3) is 5.89. The summed E-state index contributed by atoms with van der Waals surface area (Å²) in [6.45, 7) is 3.08. The maximum Gasteiger partial charge on any atom is 0.227 e. The van der Waals surface area contributed by atoms with Crippen molar-refractivity contribution in [2.75, 3.05) is 23.9 Å². The van der Waals surface area contributed by atoms with E-state index in [0.29, 0.717) is 6.04 Å². The Labute approximate surface area is 138 Å². The van der Waals surface area contributed by atoms with Gasteiger partial charge in [-0.1, -0.05) is 12.1 Å². The first-order valence-electron chi connectivity index (χ1n) is 7.31. The number of carbonyl (C=O) groups is 1. The molecule has 21 heavy (non-hydrogen) atoms. The van der Waals surface area contributed by atoms with Crippen molar-refractivity contribution in [3.8, 4) is 0 Å². The number of aryl methyl sites for hydroxylation is 1. The summed E-state index contributed by atoms with van der Waals surface area (Å²) >= 11 is 1.85. The Bertz CT molecular complexity index is 438. The van der Waals surface area contributed by atoms with Crippen LogP contribution >= 0.6 is 24.2 Å². The largest absolute Gasteiger partial charge is 0.326 e. The number of carbonyl (C=O) groups excluding carboxylic acids is 1. The van der Waals surface area contributed by atoms with Gasteiger partial charge in [0.15, 0.2) is 0 Å². The van der Waals surface area contributed by atoms with E-state index in [9.17, 15) is 4.79 Å². The lowest BCUT2D eigenvalue weighted by atomic mass is 9.92. The molecule has 0 aliphatic carbocycles. The Kier molecular flexibility index (Phi) is 8.15. The zero-order valence-electron chi connectivity index (χ0n) is 12.7. The second-order valence-corrected chi connectivity index (χ2v) is 6.49. The predicted octanol–water partition coefficient (Wildman–Crippen LogP) is 3.34. The van der Waals surface area contributed by atoms with Gasteiger partial charge in [-0.05, 0) is 62.4 Å². The molecule has 1 heterocycles. The molecule has 2 rings (SSSR count). The van der Waals surface area contributed by atoms with Crippen molar-refractivity contribution in [3.63, 3.8) is 0 Å². The maximum absolute atomic E-state index is 12.2. The van der Waals surface area contributed by atoms with Crippen LogP contribution in [0.3, 0.4) is 0 Å². The molecule has 0 bridgehead atoms. The van der Waals surface area contributed by atoms with Gasteiger partial charge in [-0.25, -0.2) is 0 Å². The zero-order chi connectivity index (χ0) is 14.4. The lowest BCUT2D eigenvalue weighted by Crippen LogP contribution is -2.40. The minimum absolute atomic E-state index is 0. The van der Waals surface area contributed by atoms with E-state index < -0.39 is 0 Å². The first kappa shape index (κ1) is 18.3. The van der Waals surface area contributed by atoms with Gasteiger partial charge in [-0.2, -0.15) is 11.8 Å². The van der Waals surface area contributed by atoms with Gasteiger partial charge in [0.2, 0.25) is 5.91 Å². The number of halogens is 1. The van der Waals surface area contributed by atoms with E-state index in [4.69, 9.17) is 0 Å². The molecule has 1 aromatic carbocycles. The molecule has 118 valence electrons. The summed E-state index contributed by atoms with van der Waals surface area (Å²) < 4.78 is 0. The number of amides is 1. The van der Waals surface area contributed by atoms with Crippen LogP contribution in [0.5, 0.6) is 0 Å². The third-order valence-corrected chi connectivity index (χ3v) is 4.42. The number of thioether (sulfide) groups is 1. The van der Waals surface area contributed by atoms with Gasteiger partial charge in [0.1, 0.15) is 0 Å². The van der Waals surface area contributed by atoms with Gasteiger partial charge in [0.25, 0.3) is 0 Å². The molecule has 1 aliphatic heterocycles. The summed E-state index contributed by atoms with van der Waals surface area (Å²) in [6.07, 6.45) is 5.06. The maximum atomic E-state index is 12.2. The van der Waals surface area contributed by atoms with Crippen molar-refractivity contribution in [2.24, 2.45) is 5.92 Å². The van der Waals surface area contributed by atoms with Crippen LogP contribution < -0.4 is 10.6 Å². The second-order valence-electron chi connectivity index (χ2n) is 5.51. The number of anilines is 1. The lowest BCUT2D eigenvalue weighted by Gasteiger charge is -2.27. The van der Waals surface area contributed by atoms with Crippen molar-refractivity contribution >= 4 is 35.8 Å². The van der Waals surface area contributed by atoms with Crippen LogP contribution in [0.25, 0.3) is 0 Å². The average Bonchev–Trinajstić information content (AvgIpc) is 2.46. The van der Waals surface area contributed by atoms with Crippen LogP contribution in [0.1, 0.15) is 25.3 Å². The molecule has 2 N–H and O–H groups in total. The molecule has 0 unspecified atom stereocenters. The summed E-state index contributed by atoms with van der Waals surface area (Å²) in [6, 6.07) is 8.68.